The van der Waals surface area contributed by atoms with Crippen molar-refractivity contribution in [3.05, 3.63) is 23.8 Å². The van der Waals surface area contributed by atoms with E-state index in [2.05, 4.69) is 26.1 Å². The first-order valence-corrected chi connectivity index (χ1v) is 9.53. The van der Waals surface area contributed by atoms with E-state index >= 15 is 0 Å². The number of nitrogens with one attached hydrogen (secondary N) is 1. The maximum Gasteiger partial charge on any atom is 0.246 e. The Morgan fingerprint density at radius 1 is 1.23 bits per heavy atom. The molecule has 1 aliphatic rings. The minimum absolute atomic E-state index is 0.101. The van der Waals surface area contributed by atoms with Gasteiger partial charge in [-0.1, -0.05) is 27.2 Å². The van der Waals surface area contributed by atoms with Crippen LogP contribution in [0.3, 0.4) is 0 Å². The van der Waals surface area contributed by atoms with E-state index in [1.165, 1.54) is 12.8 Å². The van der Waals surface area contributed by atoms with Gasteiger partial charge >= 0.3 is 0 Å². The summed E-state index contributed by atoms with van der Waals surface area (Å²) in [6.45, 7) is 7.24. The van der Waals surface area contributed by atoms with E-state index in [-0.39, 0.29) is 18.6 Å². The van der Waals surface area contributed by atoms with Gasteiger partial charge in [0.1, 0.15) is 18.1 Å². The Balaban J connectivity index is 1.87. The molecule has 1 aromatic rings. The Bertz CT molecular complexity index is 587. The molecule has 1 fully saturated rings. The second kappa shape index (κ2) is 9.81. The van der Waals surface area contributed by atoms with Crippen LogP contribution in [0.15, 0.2) is 18.2 Å². The largest absolute Gasteiger partial charge is 0.497 e. The van der Waals surface area contributed by atoms with Crippen LogP contribution < -0.4 is 14.8 Å². The third kappa shape index (κ3) is 5.63. The van der Waals surface area contributed by atoms with Crippen molar-refractivity contribution >= 4 is 5.91 Å². The summed E-state index contributed by atoms with van der Waals surface area (Å²) in [7, 11) is 3.24. The number of hydrogen-bond donors (Lipinski definition) is 1. The molecule has 1 N–H and O–H groups in total. The van der Waals surface area contributed by atoms with Crippen molar-refractivity contribution < 1.29 is 19.0 Å². The molecular weight excluding hydrogens is 330 g/mol. The van der Waals surface area contributed by atoms with Crippen molar-refractivity contribution in [1.82, 2.24) is 5.32 Å². The lowest BCUT2D eigenvalue weighted by Crippen LogP contribution is -2.37. The maximum absolute atomic E-state index is 12.3. The SMILES string of the molecule is COc1ccc(OC)c(CNC(=O)CO[C@@H]2C[C@@H](C)CC[C@H]2C(C)C)c1. The van der Waals surface area contributed by atoms with Crippen LogP contribution in [0.25, 0.3) is 0 Å². The number of carbonyl (C=O) groups is 1. The van der Waals surface area contributed by atoms with Crippen molar-refractivity contribution in [3.8, 4) is 11.5 Å². The maximum atomic E-state index is 12.3. The number of carbonyl (C=O) groups excluding carboxylic acids is 1. The number of ether oxygens (including phenoxy) is 3. The van der Waals surface area contributed by atoms with Crippen LogP contribution in [-0.4, -0.2) is 32.8 Å². The van der Waals surface area contributed by atoms with E-state index in [1.807, 2.05) is 18.2 Å². The Kier molecular flexibility index (Phi) is 7.76. The number of benzene rings is 1. The summed E-state index contributed by atoms with van der Waals surface area (Å²) >= 11 is 0. The molecule has 5 heteroatoms. The van der Waals surface area contributed by atoms with Crippen LogP contribution in [0, 0.1) is 17.8 Å². The number of methoxy groups -OCH3 is 2. The molecule has 0 spiro atoms. The third-order valence-corrected chi connectivity index (χ3v) is 5.35. The van der Waals surface area contributed by atoms with Gasteiger partial charge in [-0.15, -0.1) is 0 Å². The van der Waals surface area contributed by atoms with Crippen LogP contribution in [-0.2, 0) is 16.1 Å². The number of rotatable bonds is 8. The monoisotopic (exact) mass is 363 g/mol. The van der Waals surface area contributed by atoms with Gasteiger partial charge in [0.2, 0.25) is 5.91 Å². The minimum atomic E-state index is -0.101. The summed E-state index contributed by atoms with van der Waals surface area (Å²) in [6.07, 6.45) is 3.66. The van der Waals surface area contributed by atoms with Gasteiger partial charge < -0.3 is 19.5 Å². The van der Waals surface area contributed by atoms with E-state index in [4.69, 9.17) is 14.2 Å². The molecule has 5 nitrogen and oxygen atoms in total. The molecule has 0 saturated heterocycles. The standard InChI is InChI=1S/C21H33NO4/c1-14(2)18-8-6-15(3)10-20(18)26-13-21(23)22-12-16-11-17(24-4)7-9-19(16)25-5/h7,9,11,14-15,18,20H,6,8,10,12-13H2,1-5H3,(H,22,23)/t15-,18-,20+/m0/s1. The summed E-state index contributed by atoms with van der Waals surface area (Å²) in [5.41, 5.74) is 0.881. The molecular formula is C21H33NO4. The molecule has 0 aromatic heterocycles. The summed E-state index contributed by atoms with van der Waals surface area (Å²) in [6, 6.07) is 5.55. The number of amides is 1. The summed E-state index contributed by atoms with van der Waals surface area (Å²) < 4.78 is 16.6. The zero-order chi connectivity index (χ0) is 19.1. The highest BCUT2D eigenvalue weighted by Crippen LogP contribution is 2.35. The smallest absolute Gasteiger partial charge is 0.246 e. The lowest BCUT2D eigenvalue weighted by atomic mass is 9.75. The Hall–Kier alpha value is -1.75. The zero-order valence-corrected chi connectivity index (χ0v) is 16.7. The van der Waals surface area contributed by atoms with Crippen molar-refractivity contribution in [1.29, 1.82) is 0 Å². The van der Waals surface area contributed by atoms with E-state index < -0.39 is 0 Å². The first kappa shape index (κ1) is 20.6. The molecule has 0 heterocycles. The quantitative estimate of drug-likeness (QED) is 0.763. The first-order chi connectivity index (χ1) is 12.4. The molecule has 0 radical (unpaired) electrons. The molecule has 1 aliphatic carbocycles. The minimum Gasteiger partial charge on any atom is -0.497 e. The second-order valence-corrected chi connectivity index (χ2v) is 7.63. The highest BCUT2D eigenvalue weighted by Gasteiger charge is 2.31. The predicted molar refractivity (Wildman–Crippen MR) is 102 cm³/mol. The molecule has 1 aromatic carbocycles. The van der Waals surface area contributed by atoms with E-state index in [1.54, 1.807) is 14.2 Å². The van der Waals surface area contributed by atoms with Gasteiger partial charge in [0.25, 0.3) is 0 Å². The summed E-state index contributed by atoms with van der Waals surface area (Å²) in [5.74, 6) is 3.15. The van der Waals surface area contributed by atoms with Crippen LogP contribution in [0.1, 0.15) is 45.6 Å². The lowest BCUT2D eigenvalue weighted by molar-refractivity contribution is -0.131. The van der Waals surface area contributed by atoms with Crippen LogP contribution in [0.2, 0.25) is 0 Å². The van der Waals surface area contributed by atoms with Gasteiger partial charge in [-0.25, -0.2) is 0 Å². The molecule has 146 valence electrons. The average molecular weight is 363 g/mol. The second-order valence-electron chi connectivity index (χ2n) is 7.63. The van der Waals surface area contributed by atoms with Crippen LogP contribution in [0.4, 0.5) is 0 Å². The molecule has 0 bridgehead atoms. The van der Waals surface area contributed by atoms with Gasteiger partial charge in [0.15, 0.2) is 0 Å². The van der Waals surface area contributed by atoms with Gasteiger partial charge in [-0.3, -0.25) is 4.79 Å². The topological polar surface area (TPSA) is 56.8 Å². The van der Waals surface area contributed by atoms with Crippen molar-refractivity contribution in [2.45, 2.75) is 52.7 Å². The van der Waals surface area contributed by atoms with E-state index in [0.717, 1.165) is 23.5 Å². The van der Waals surface area contributed by atoms with Crippen LogP contribution in [0.5, 0.6) is 11.5 Å². The van der Waals surface area contributed by atoms with Gasteiger partial charge in [-0.2, -0.15) is 0 Å². The molecule has 0 unspecified atom stereocenters. The highest BCUT2D eigenvalue weighted by molar-refractivity contribution is 5.77. The van der Waals surface area contributed by atoms with E-state index in [9.17, 15) is 4.79 Å². The first-order valence-electron chi connectivity index (χ1n) is 9.53. The number of hydrogen-bond acceptors (Lipinski definition) is 4. The third-order valence-electron chi connectivity index (χ3n) is 5.35. The van der Waals surface area contributed by atoms with Crippen LogP contribution >= 0.6 is 0 Å². The molecule has 3 atom stereocenters. The summed E-state index contributed by atoms with van der Waals surface area (Å²) in [4.78, 5) is 12.3. The highest BCUT2D eigenvalue weighted by atomic mass is 16.5. The fourth-order valence-corrected chi connectivity index (χ4v) is 3.75. The van der Waals surface area contributed by atoms with Crippen molar-refractivity contribution in [2.75, 3.05) is 20.8 Å². The average Bonchev–Trinajstić information content (AvgIpc) is 2.64. The fourth-order valence-electron chi connectivity index (χ4n) is 3.75. The van der Waals surface area contributed by atoms with Crippen molar-refractivity contribution in [3.63, 3.8) is 0 Å². The zero-order valence-electron chi connectivity index (χ0n) is 16.7. The Labute approximate surface area is 157 Å². The van der Waals surface area contributed by atoms with Gasteiger partial charge in [-0.05, 0) is 48.8 Å². The molecule has 1 amide bonds. The van der Waals surface area contributed by atoms with Crippen molar-refractivity contribution in [2.24, 2.45) is 17.8 Å². The molecule has 1 saturated carbocycles. The molecule has 0 aliphatic heterocycles. The van der Waals surface area contributed by atoms with Gasteiger partial charge in [0.05, 0.1) is 20.3 Å². The molecule has 26 heavy (non-hydrogen) atoms. The van der Waals surface area contributed by atoms with E-state index in [0.29, 0.717) is 24.3 Å². The predicted octanol–water partition coefficient (Wildman–Crippen LogP) is 3.80. The Morgan fingerprint density at radius 3 is 2.65 bits per heavy atom. The van der Waals surface area contributed by atoms with Gasteiger partial charge in [0, 0.05) is 12.1 Å². The Morgan fingerprint density at radius 2 is 2.00 bits per heavy atom. The normalized spacial score (nSPS) is 22.9. The fraction of sp³-hybridized carbons (Fsp3) is 0.667. The lowest BCUT2D eigenvalue weighted by Gasteiger charge is -2.37. The molecule has 2 rings (SSSR count). The summed E-state index contributed by atoms with van der Waals surface area (Å²) in [5, 5.41) is 2.92.